The number of fused-ring (bicyclic) bond motifs is 3. The lowest BCUT2D eigenvalue weighted by atomic mass is 10.1. The number of rotatable bonds is 5. The van der Waals surface area contributed by atoms with Crippen LogP contribution in [0.1, 0.15) is 49.9 Å². The summed E-state index contributed by atoms with van der Waals surface area (Å²) in [6, 6.07) is 8.79. The zero-order valence-electron chi connectivity index (χ0n) is 20.9. The molecule has 5 atom stereocenters. The van der Waals surface area contributed by atoms with Crippen LogP contribution >= 0.6 is 0 Å². The van der Waals surface area contributed by atoms with Gasteiger partial charge in [0.2, 0.25) is 0 Å². The first-order valence-corrected chi connectivity index (χ1v) is 13.7. The molecule has 2 aromatic heterocycles. The highest BCUT2D eigenvalue weighted by Crippen LogP contribution is 2.47. The Morgan fingerprint density at radius 2 is 1.89 bits per heavy atom. The minimum atomic E-state index is -3.91. The number of aliphatic hydroxyl groups excluding tert-OH is 1. The van der Waals surface area contributed by atoms with Gasteiger partial charge in [-0.1, -0.05) is 24.3 Å². The van der Waals surface area contributed by atoms with Gasteiger partial charge in [0.1, 0.15) is 17.9 Å². The molecule has 2 fully saturated rings. The lowest BCUT2D eigenvalue weighted by Gasteiger charge is -2.23. The minimum Gasteiger partial charge on any atom is -0.396 e. The van der Waals surface area contributed by atoms with Gasteiger partial charge in [0.25, 0.3) is 0 Å². The normalized spacial score (nSPS) is 28.0. The predicted octanol–water partition coefficient (Wildman–Crippen LogP) is 2.01. The molecule has 37 heavy (non-hydrogen) atoms. The second kappa shape index (κ2) is 9.89. The molecule has 0 spiro atoms. The van der Waals surface area contributed by atoms with Crippen LogP contribution in [-0.2, 0) is 26.2 Å². The second-order valence-corrected chi connectivity index (χ2v) is 11.3. The van der Waals surface area contributed by atoms with E-state index < -0.39 is 16.1 Å². The van der Waals surface area contributed by atoms with E-state index in [1.54, 1.807) is 11.0 Å². The topological polar surface area (TPSA) is 161 Å². The van der Waals surface area contributed by atoms with Crippen molar-refractivity contribution >= 4 is 27.3 Å². The van der Waals surface area contributed by atoms with Crippen molar-refractivity contribution in [3.63, 3.8) is 0 Å². The summed E-state index contributed by atoms with van der Waals surface area (Å²) in [5.41, 5.74) is 4.26. The Hall–Kier alpha value is -2.68. The zero-order chi connectivity index (χ0) is 26.4. The number of nitrogens with one attached hydrogen (secondary N) is 2. The SMILES string of the molecule is CC1(C)OC2C(CO)CC(n3cnc4c(NC5CCc6ccccc65)ncnc43)C2O1.CNS(=O)(=O)O. The summed E-state index contributed by atoms with van der Waals surface area (Å²) in [6.07, 6.45) is 6.01. The monoisotopic (exact) mass is 532 g/mol. The van der Waals surface area contributed by atoms with Gasteiger partial charge in [-0.15, -0.1) is 0 Å². The molecule has 4 N–H and O–H groups in total. The molecular formula is C24H32N6O6S. The van der Waals surface area contributed by atoms with Gasteiger partial charge in [-0.3, -0.25) is 4.55 Å². The highest BCUT2D eigenvalue weighted by atomic mass is 32.2. The third kappa shape index (κ3) is 5.19. The average Bonchev–Trinajstić information content (AvgIpc) is 3.61. The van der Waals surface area contributed by atoms with Crippen LogP contribution in [-0.4, -0.2) is 69.2 Å². The molecule has 3 aliphatic rings. The van der Waals surface area contributed by atoms with Crippen molar-refractivity contribution < 1.29 is 27.6 Å². The van der Waals surface area contributed by atoms with Crippen LogP contribution in [0.25, 0.3) is 11.2 Å². The van der Waals surface area contributed by atoms with Crippen LogP contribution in [0.2, 0.25) is 0 Å². The molecule has 1 aliphatic heterocycles. The number of aromatic nitrogens is 4. The number of hydrogen-bond donors (Lipinski definition) is 4. The molecule has 13 heteroatoms. The number of nitrogens with zero attached hydrogens (tertiary/aromatic N) is 4. The third-order valence-electron chi connectivity index (χ3n) is 7.20. The Kier molecular flexibility index (Phi) is 6.94. The molecule has 2 aliphatic carbocycles. The van der Waals surface area contributed by atoms with E-state index in [9.17, 15) is 13.5 Å². The number of aryl methyl sites for hydroxylation is 1. The Bertz CT molecular complexity index is 1380. The largest absolute Gasteiger partial charge is 0.396 e. The van der Waals surface area contributed by atoms with Gasteiger partial charge in [-0.05, 0) is 44.2 Å². The maximum atomic E-state index is 9.90. The summed E-state index contributed by atoms with van der Waals surface area (Å²) in [7, 11) is -2.79. The highest BCUT2D eigenvalue weighted by Gasteiger charge is 2.54. The molecule has 1 aromatic carbocycles. The highest BCUT2D eigenvalue weighted by molar-refractivity contribution is 7.83. The minimum absolute atomic E-state index is 0.00359. The van der Waals surface area contributed by atoms with Crippen molar-refractivity contribution in [1.82, 2.24) is 24.2 Å². The number of anilines is 1. The zero-order valence-corrected chi connectivity index (χ0v) is 21.7. The molecular weight excluding hydrogens is 500 g/mol. The summed E-state index contributed by atoms with van der Waals surface area (Å²) in [6.45, 7) is 3.92. The predicted molar refractivity (Wildman–Crippen MR) is 135 cm³/mol. The number of ether oxygens (including phenoxy) is 2. The van der Waals surface area contributed by atoms with E-state index in [0.29, 0.717) is 0 Å². The number of aliphatic hydroxyl groups is 1. The van der Waals surface area contributed by atoms with Gasteiger partial charge in [0.15, 0.2) is 17.3 Å². The number of hydrogen-bond acceptors (Lipinski definition) is 9. The molecule has 12 nitrogen and oxygen atoms in total. The van der Waals surface area contributed by atoms with Crippen molar-refractivity contribution in [2.24, 2.45) is 5.92 Å². The van der Waals surface area contributed by atoms with Crippen LogP contribution in [0, 0.1) is 5.92 Å². The fourth-order valence-electron chi connectivity index (χ4n) is 5.58. The van der Waals surface area contributed by atoms with E-state index in [4.69, 9.17) is 14.0 Å². The van der Waals surface area contributed by atoms with E-state index in [-0.39, 0.29) is 36.8 Å². The summed E-state index contributed by atoms with van der Waals surface area (Å²) in [5, 5.41) is 13.5. The van der Waals surface area contributed by atoms with E-state index in [2.05, 4.69) is 49.1 Å². The van der Waals surface area contributed by atoms with Gasteiger partial charge in [-0.25, -0.2) is 15.0 Å². The molecule has 3 heterocycles. The van der Waals surface area contributed by atoms with Crippen LogP contribution < -0.4 is 10.0 Å². The van der Waals surface area contributed by atoms with E-state index in [1.807, 2.05) is 20.2 Å². The van der Waals surface area contributed by atoms with Crippen LogP contribution in [0.4, 0.5) is 5.82 Å². The number of benzene rings is 1. The molecule has 0 radical (unpaired) electrons. The van der Waals surface area contributed by atoms with Crippen molar-refractivity contribution in [2.45, 2.75) is 63.2 Å². The first-order chi connectivity index (χ1) is 17.6. The van der Waals surface area contributed by atoms with E-state index >= 15 is 0 Å². The van der Waals surface area contributed by atoms with Crippen LogP contribution in [0.15, 0.2) is 36.9 Å². The van der Waals surface area contributed by atoms with Crippen molar-refractivity contribution in [2.75, 3.05) is 19.0 Å². The molecule has 1 saturated heterocycles. The molecule has 6 rings (SSSR count). The lowest BCUT2D eigenvalue weighted by Crippen LogP contribution is -2.27. The summed E-state index contributed by atoms with van der Waals surface area (Å²) in [5.74, 6) is 0.126. The molecule has 200 valence electrons. The van der Waals surface area contributed by atoms with Gasteiger partial charge >= 0.3 is 10.3 Å². The Morgan fingerprint density at radius 3 is 2.62 bits per heavy atom. The maximum absolute atomic E-state index is 9.90. The standard InChI is InChI=1S/C23H27N5O3.CH5NO3S/c1-23(2)30-19-14(10-29)9-17(20(19)31-23)28-12-26-18-21(24-11-25-22(18)28)27-16-8-7-13-5-3-4-6-15(13)16;1-2-6(3,4)5/h3-6,11-12,14,16-17,19-20,29H,7-10H2,1-2H3,(H,24,25,27);2H,1H3,(H,3,4,5). The number of imidazole rings is 1. The molecule has 5 unspecified atom stereocenters. The van der Waals surface area contributed by atoms with E-state index in [1.165, 1.54) is 11.1 Å². The first kappa shape index (κ1) is 25.9. The van der Waals surface area contributed by atoms with Gasteiger partial charge in [-0.2, -0.15) is 13.1 Å². The molecule has 3 aromatic rings. The Morgan fingerprint density at radius 1 is 1.16 bits per heavy atom. The Balaban J connectivity index is 0.000000421. The smallest absolute Gasteiger partial charge is 0.333 e. The van der Waals surface area contributed by atoms with Crippen molar-refractivity contribution in [3.05, 3.63) is 48.0 Å². The van der Waals surface area contributed by atoms with Crippen molar-refractivity contribution in [1.29, 1.82) is 0 Å². The average molecular weight is 533 g/mol. The fourth-order valence-corrected chi connectivity index (χ4v) is 5.58. The quantitative estimate of drug-likeness (QED) is 0.358. The first-order valence-electron chi connectivity index (χ1n) is 12.2. The van der Waals surface area contributed by atoms with E-state index in [0.717, 1.165) is 43.3 Å². The second-order valence-electron chi connectivity index (χ2n) is 9.97. The fraction of sp³-hybridized carbons (Fsp3) is 0.542. The van der Waals surface area contributed by atoms with Crippen LogP contribution in [0.3, 0.4) is 0 Å². The third-order valence-corrected chi connectivity index (χ3v) is 7.72. The molecule has 1 saturated carbocycles. The summed E-state index contributed by atoms with van der Waals surface area (Å²) < 4.78 is 42.6. The van der Waals surface area contributed by atoms with Gasteiger partial charge in [0, 0.05) is 19.6 Å². The summed E-state index contributed by atoms with van der Waals surface area (Å²) >= 11 is 0. The Labute approximate surface area is 215 Å². The van der Waals surface area contributed by atoms with Crippen LogP contribution in [0.5, 0.6) is 0 Å². The molecule has 0 amide bonds. The lowest BCUT2D eigenvalue weighted by molar-refractivity contribution is -0.161. The summed E-state index contributed by atoms with van der Waals surface area (Å²) in [4.78, 5) is 13.7. The van der Waals surface area contributed by atoms with Gasteiger partial charge in [0.05, 0.1) is 24.5 Å². The van der Waals surface area contributed by atoms with Crippen molar-refractivity contribution in [3.8, 4) is 0 Å². The maximum Gasteiger partial charge on any atom is 0.333 e. The van der Waals surface area contributed by atoms with Gasteiger partial charge < -0.3 is 24.5 Å². The molecule has 0 bridgehead atoms.